The Balaban J connectivity index is 1.77. The summed E-state index contributed by atoms with van der Waals surface area (Å²) in [5, 5.41) is 11.0. The Bertz CT molecular complexity index is 298. The molecule has 0 aromatic carbocycles. The topological polar surface area (TPSA) is 77.0 Å². The van der Waals surface area contributed by atoms with Crippen molar-refractivity contribution in [3.05, 3.63) is 5.89 Å². The Morgan fingerprint density at radius 2 is 2.47 bits per heavy atom. The van der Waals surface area contributed by atoms with Gasteiger partial charge in [-0.2, -0.15) is 11.8 Å². The molecular formula is C9H16N4OS. The van der Waals surface area contributed by atoms with E-state index in [0.717, 1.165) is 12.5 Å². The second-order valence-electron chi connectivity index (χ2n) is 3.65. The van der Waals surface area contributed by atoms with Crippen molar-refractivity contribution in [2.24, 2.45) is 11.7 Å². The maximum atomic E-state index is 5.39. The maximum Gasteiger partial charge on any atom is 0.315 e. The van der Waals surface area contributed by atoms with Crippen molar-refractivity contribution in [2.75, 3.05) is 29.9 Å². The summed E-state index contributed by atoms with van der Waals surface area (Å²) in [7, 11) is 0. The van der Waals surface area contributed by atoms with Gasteiger partial charge in [-0.1, -0.05) is 5.10 Å². The van der Waals surface area contributed by atoms with Crippen LogP contribution in [0.5, 0.6) is 0 Å². The van der Waals surface area contributed by atoms with Gasteiger partial charge in [-0.3, -0.25) is 0 Å². The van der Waals surface area contributed by atoms with Crippen molar-refractivity contribution < 1.29 is 4.42 Å². The van der Waals surface area contributed by atoms with Crippen molar-refractivity contribution in [1.82, 2.24) is 10.2 Å². The summed E-state index contributed by atoms with van der Waals surface area (Å²) in [6.07, 6.45) is 1.93. The third-order valence-electron chi connectivity index (χ3n) is 2.39. The van der Waals surface area contributed by atoms with Gasteiger partial charge in [0.05, 0.1) is 0 Å². The molecule has 2 heterocycles. The Kier molecular flexibility index (Phi) is 3.85. The molecule has 0 radical (unpaired) electrons. The summed E-state index contributed by atoms with van der Waals surface area (Å²) in [6.45, 7) is 1.47. The van der Waals surface area contributed by atoms with E-state index in [9.17, 15) is 0 Å². The van der Waals surface area contributed by atoms with Gasteiger partial charge in [-0.15, -0.1) is 5.10 Å². The Morgan fingerprint density at radius 3 is 3.20 bits per heavy atom. The quantitative estimate of drug-likeness (QED) is 0.774. The summed E-state index contributed by atoms with van der Waals surface area (Å²) in [5.41, 5.74) is 5.39. The third-order valence-corrected chi connectivity index (χ3v) is 3.62. The number of rotatable bonds is 5. The van der Waals surface area contributed by atoms with Gasteiger partial charge in [0.2, 0.25) is 5.89 Å². The van der Waals surface area contributed by atoms with E-state index in [1.165, 1.54) is 17.9 Å². The lowest BCUT2D eigenvalue weighted by Crippen LogP contribution is -2.13. The predicted molar refractivity (Wildman–Crippen MR) is 61.0 cm³/mol. The molecule has 0 amide bonds. The minimum atomic E-state index is 0.523. The molecule has 3 N–H and O–H groups in total. The molecule has 1 aromatic heterocycles. The minimum Gasteiger partial charge on any atom is -0.408 e. The molecule has 2 rings (SSSR count). The molecule has 15 heavy (non-hydrogen) atoms. The van der Waals surface area contributed by atoms with E-state index in [0.29, 0.717) is 24.9 Å². The second kappa shape index (κ2) is 5.37. The zero-order chi connectivity index (χ0) is 10.5. The smallest absolute Gasteiger partial charge is 0.315 e. The number of nitrogens with one attached hydrogen (secondary N) is 1. The zero-order valence-electron chi connectivity index (χ0n) is 8.61. The average Bonchev–Trinajstić information content (AvgIpc) is 2.85. The summed E-state index contributed by atoms with van der Waals surface area (Å²) in [4.78, 5) is 0. The lowest BCUT2D eigenvalue weighted by Gasteiger charge is -2.06. The zero-order valence-corrected chi connectivity index (χ0v) is 9.42. The molecule has 1 aliphatic heterocycles. The molecule has 1 saturated heterocycles. The first kappa shape index (κ1) is 10.8. The van der Waals surface area contributed by atoms with Crippen LogP contribution in [0.4, 0.5) is 6.01 Å². The highest BCUT2D eigenvalue weighted by molar-refractivity contribution is 7.99. The van der Waals surface area contributed by atoms with Crippen molar-refractivity contribution >= 4 is 17.8 Å². The van der Waals surface area contributed by atoms with E-state index in [-0.39, 0.29) is 0 Å². The second-order valence-corrected chi connectivity index (χ2v) is 4.80. The number of thioether (sulfide) groups is 1. The molecule has 1 atom stereocenters. The Morgan fingerprint density at radius 1 is 1.53 bits per heavy atom. The normalized spacial score (nSPS) is 20.7. The highest BCUT2D eigenvalue weighted by Gasteiger charge is 2.16. The molecule has 1 unspecified atom stereocenters. The molecule has 1 aromatic rings. The van der Waals surface area contributed by atoms with Gasteiger partial charge in [0.1, 0.15) is 0 Å². The van der Waals surface area contributed by atoms with Gasteiger partial charge in [0.25, 0.3) is 0 Å². The van der Waals surface area contributed by atoms with Gasteiger partial charge in [0.15, 0.2) is 0 Å². The molecule has 0 aliphatic carbocycles. The van der Waals surface area contributed by atoms with Gasteiger partial charge in [-0.25, -0.2) is 0 Å². The molecule has 6 heteroatoms. The summed E-state index contributed by atoms with van der Waals surface area (Å²) in [6, 6.07) is 0.523. The molecule has 0 spiro atoms. The first-order chi connectivity index (χ1) is 7.38. The van der Waals surface area contributed by atoms with E-state index in [1.54, 1.807) is 0 Å². The first-order valence-corrected chi connectivity index (χ1v) is 6.38. The fraction of sp³-hybridized carbons (Fsp3) is 0.778. The van der Waals surface area contributed by atoms with Crippen LogP contribution in [0.1, 0.15) is 12.3 Å². The minimum absolute atomic E-state index is 0.523. The number of hydrogen-bond donors (Lipinski definition) is 2. The lowest BCUT2D eigenvalue weighted by atomic mass is 10.1. The van der Waals surface area contributed by atoms with Crippen molar-refractivity contribution in [1.29, 1.82) is 0 Å². The van der Waals surface area contributed by atoms with Crippen LogP contribution in [0.2, 0.25) is 0 Å². The molecule has 5 nitrogen and oxygen atoms in total. The van der Waals surface area contributed by atoms with Crippen LogP contribution < -0.4 is 11.1 Å². The van der Waals surface area contributed by atoms with Gasteiger partial charge < -0.3 is 15.5 Å². The highest BCUT2D eigenvalue weighted by Crippen LogP contribution is 2.23. The number of aromatic nitrogens is 2. The predicted octanol–water partition coefficient (Wildman–Crippen LogP) is 0.736. The van der Waals surface area contributed by atoms with Crippen LogP contribution in [0.3, 0.4) is 0 Å². The molecule has 1 aliphatic rings. The van der Waals surface area contributed by atoms with Crippen LogP contribution in [0.15, 0.2) is 4.42 Å². The van der Waals surface area contributed by atoms with E-state index < -0.39 is 0 Å². The van der Waals surface area contributed by atoms with Crippen LogP contribution >= 0.6 is 11.8 Å². The van der Waals surface area contributed by atoms with E-state index in [4.69, 9.17) is 10.2 Å². The Hall–Kier alpha value is -0.750. The maximum absolute atomic E-state index is 5.39. The fourth-order valence-corrected chi connectivity index (χ4v) is 2.81. The summed E-state index contributed by atoms with van der Waals surface area (Å²) >= 11 is 2.01. The van der Waals surface area contributed by atoms with Crippen LogP contribution in [0.25, 0.3) is 0 Å². The van der Waals surface area contributed by atoms with Gasteiger partial charge in [0, 0.05) is 19.5 Å². The summed E-state index contributed by atoms with van der Waals surface area (Å²) < 4.78 is 5.36. The Labute approximate surface area is 93.2 Å². The van der Waals surface area contributed by atoms with Crippen molar-refractivity contribution in [3.8, 4) is 0 Å². The van der Waals surface area contributed by atoms with Crippen LogP contribution in [-0.4, -0.2) is 34.8 Å². The number of nitrogens with zero attached hydrogens (tertiary/aromatic N) is 2. The number of anilines is 1. The largest absolute Gasteiger partial charge is 0.408 e. The lowest BCUT2D eigenvalue weighted by molar-refractivity contribution is 0.500. The molecule has 84 valence electrons. The van der Waals surface area contributed by atoms with Crippen molar-refractivity contribution in [2.45, 2.75) is 12.8 Å². The van der Waals surface area contributed by atoms with E-state index >= 15 is 0 Å². The summed E-state index contributed by atoms with van der Waals surface area (Å²) in [5.74, 6) is 3.85. The monoisotopic (exact) mass is 228 g/mol. The van der Waals surface area contributed by atoms with Gasteiger partial charge in [-0.05, 0) is 23.8 Å². The van der Waals surface area contributed by atoms with E-state index in [2.05, 4.69) is 15.5 Å². The number of hydrogen-bond acceptors (Lipinski definition) is 6. The molecular weight excluding hydrogens is 212 g/mol. The standard InChI is InChI=1S/C9H16N4OS/c10-3-1-8-12-13-9(14-8)11-5-7-2-4-15-6-7/h7H,1-6,10H2,(H,11,13). The van der Waals surface area contributed by atoms with Crippen molar-refractivity contribution in [3.63, 3.8) is 0 Å². The fourth-order valence-electron chi connectivity index (χ4n) is 1.53. The molecule has 0 bridgehead atoms. The van der Waals surface area contributed by atoms with Gasteiger partial charge >= 0.3 is 6.01 Å². The molecule has 1 fully saturated rings. The number of nitrogens with two attached hydrogens (primary N) is 1. The van der Waals surface area contributed by atoms with Crippen LogP contribution in [0, 0.1) is 5.92 Å². The highest BCUT2D eigenvalue weighted by atomic mass is 32.2. The average molecular weight is 228 g/mol. The molecule has 0 saturated carbocycles. The van der Waals surface area contributed by atoms with Crippen LogP contribution in [-0.2, 0) is 6.42 Å². The third kappa shape index (κ3) is 3.10. The SMILES string of the molecule is NCCc1nnc(NCC2CCSC2)o1. The first-order valence-electron chi connectivity index (χ1n) is 5.22. The van der Waals surface area contributed by atoms with E-state index in [1.807, 2.05) is 11.8 Å².